The Morgan fingerprint density at radius 3 is 2.32 bits per heavy atom. The Hall–Kier alpha value is -4.15. The van der Waals surface area contributed by atoms with E-state index in [2.05, 4.69) is 14.8 Å². The van der Waals surface area contributed by atoms with E-state index in [9.17, 15) is 19.2 Å². The third-order valence-corrected chi connectivity index (χ3v) is 4.43. The fourth-order valence-corrected chi connectivity index (χ4v) is 3.02. The summed E-state index contributed by atoms with van der Waals surface area (Å²) in [6.45, 7) is 7.34. The molecule has 0 spiro atoms. The lowest BCUT2D eigenvalue weighted by Crippen LogP contribution is -2.34. The van der Waals surface area contributed by atoms with Gasteiger partial charge in [0.15, 0.2) is 0 Å². The molecule has 0 aliphatic heterocycles. The zero-order chi connectivity index (χ0) is 22.9. The van der Waals surface area contributed by atoms with Gasteiger partial charge in [-0.1, -0.05) is 13.8 Å². The second kappa shape index (κ2) is 8.30. The number of aromatic nitrogens is 4. The number of primary amides is 1. The Morgan fingerprint density at radius 1 is 1.10 bits per heavy atom. The summed E-state index contributed by atoms with van der Waals surface area (Å²) >= 11 is 0. The van der Waals surface area contributed by atoms with Crippen LogP contribution in [0.3, 0.4) is 0 Å². The molecule has 11 heteroatoms. The number of nitrogens with one attached hydrogen (secondary N) is 2. The summed E-state index contributed by atoms with van der Waals surface area (Å²) in [7, 11) is 0. The van der Waals surface area contributed by atoms with Crippen LogP contribution < -0.4 is 32.0 Å². The summed E-state index contributed by atoms with van der Waals surface area (Å²) in [6.07, 6.45) is 0.239. The highest BCUT2D eigenvalue weighted by atomic mass is 16.6. The van der Waals surface area contributed by atoms with Crippen molar-refractivity contribution in [3.8, 4) is 23.1 Å². The molecule has 0 bridgehead atoms. The van der Waals surface area contributed by atoms with E-state index in [1.165, 1.54) is 6.20 Å². The minimum Gasteiger partial charge on any atom is -0.455 e. The molecule has 4 N–H and O–H groups in total. The molecular weight excluding hydrogens is 406 g/mol. The molecule has 11 nitrogen and oxygen atoms in total. The van der Waals surface area contributed by atoms with Gasteiger partial charge in [0.25, 0.3) is 5.56 Å². The van der Waals surface area contributed by atoms with Crippen LogP contribution >= 0.6 is 0 Å². The zero-order valence-corrected chi connectivity index (χ0v) is 17.3. The third kappa shape index (κ3) is 4.55. The summed E-state index contributed by atoms with van der Waals surface area (Å²) in [4.78, 5) is 51.5. The van der Waals surface area contributed by atoms with Crippen molar-refractivity contribution in [1.82, 2.24) is 19.7 Å². The maximum Gasteiger partial charge on any atom is 0.411 e. The number of benzene rings is 1. The molecule has 1 amide bonds. The van der Waals surface area contributed by atoms with Crippen molar-refractivity contribution in [1.29, 1.82) is 0 Å². The van der Waals surface area contributed by atoms with Crippen LogP contribution in [-0.2, 0) is 0 Å². The monoisotopic (exact) mass is 427 g/mol. The minimum atomic E-state index is -1.24. The molecule has 0 unspecified atom stereocenters. The zero-order valence-electron chi connectivity index (χ0n) is 17.3. The normalized spacial score (nSPS) is 10.9. The topological polar surface area (TPSA) is 162 Å². The van der Waals surface area contributed by atoms with Gasteiger partial charge in [-0.3, -0.25) is 14.6 Å². The summed E-state index contributed by atoms with van der Waals surface area (Å²) in [5.41, 5.74) is 5.16. The number of nitrogens with zero attached hydrogens (tertiary/aromatic N) is 2. The number of rotatable bonds is 5. The molecule has 2 aromatic heterocycles. The summed E-state index contributed by atoms with van der Waals surface area (Å²) in [5, 5.41) is 3.78. The maximum absolute atomic E-state index is 12.2. The van der Waals surface area contributed by atoms with Gasteiger partial charge in [0.1, 0.15) is 11.5 Å². The quantitative estimate of drug-likeness (QED) is 0.557. The molecule has 162 valence electrons. The fourth-order valence-electron chi connectivity index (χ4n) is 3.02. The second-order valence-electron chi connectivity index (χ2n) is 7.18. The van der Waals surface area contributed by atoms with Crippen LogP contribution in [0.4, 0.5) is 4.79 Å². The van der Waals surface area contributed by atoms with Crippen LogP contribution in [0, 0.1) is 13.8 Å². The minimum absolute atomic E-state index is 0.0203. The Balaban J connectivity index is 2.03. The molecule has 0 aliphatic carbocycles. The molecule has 1 aromatic carbocycles. The van der Waals surface area contributed by atoms with Crippen molar-refractivity contribution in [2.75, 3.05) is 0 Å². The summed E-state index contributed by atoms with van der Waals surface area (Å²) in [6, 6.07) is 4.90. The van der Waals surface area contributed by atoms with Gasteiger partial charge in [-0.25, -0.2) is 9.59 Å². The maximum atomic E-state index is 12.2. The predicted octanol–water partition coefficient (Wildman–Crippen LogP) is 1.60. The molecule has 2 heterocycles. The first-order valence-corrected chi connectivity index (χ1v) is 9.30. The lowest BCUT2D eigenvalue weighted by atomic mass is 10.1. The number of pyridine rings is 1. The highest BCUT2D eigenvalue weighted by Crippen LogP contribution is 2.31. The molecule has 0 saturated carbocycles. The smallest absolute Gasteiger partial charge is 0.411 e. The predicted molar refractivity (Wildman–Crippen MR) is 111 cm³/mol. The molecule has 0 atom stereocenters. The van der Waals surface area contributed by atoms with Crippen molar-refractivity contribution in [2.24, 2.45) is 5.73 Å². The van der Waals surface area contributed by atoms with E-state index in [1.807, 2.05) is 18.8 Å². The lowest BCUT2D eigenvalue weighted by Gasteiger charge is -2.15. The Bertz CT molecular complexity index is 1310. The highest BCUT2D eigenvalue weighted by molar-refractivity contribution is 5.67. The molecule has 31 heavy (non-hydrogen) atoms. The standard InChI is InChI=1S/C20H21N5O6/c1-9(2)14-7-13(8-22-16(14)26)30-15-10(3)5-12(6-11(15)4)25-20(29)23-17(27)18(24-25)31-19(21)28/h5-9H,1-4H3,(H2,21,28)(H,22,26)(H,23,27,29). The number of amides is 1. The summed E-state index contributed by atoms with van der Waals surface area (Å²) < 4.78 is 11.4. The van der Waals surface area contributed by atoms with Gasteiger partial charge in [-0.15, -0.1) is 5.10 Å². The Labute approximate surface area is 175 Å². The number of nitrogens with two attached hydrogens (primary N) is 1. The molecular formula is C20H21N5O6. The van der Waals surface area contributed by atoms with E-state index in [1.54, 1.807) is 32.0 Å². The number of carbonyl (C=O) groups is 1. The highest BCUT2D eigenvalue weighted by Gasteiger charge is 2.15. The van der Waals surface area contributed by atoms with E-state index in [0.29, 0.717) is 33.9 Å². The second-order valence-corrected chi connectivity index (χ2v) is 7.18. The molecule has 3 rings (SSSR count). The van der Waals surface area contributed by atoms with Crippen molar-refractivity contribution in [3.05, 3.63) is 72.3 Å². The molecule has 0 fully saturated rings. The summed E-state index contributed by atoms with van der Waals surface area (Å²) in [5.74, 6) is 0.347. The van der Waals surface area contributed by atoms with E-state index < -0.39 is 23.2 Å². The Morgan fingerprint density at radius 2 is 1.74 bits per heavy atom. The number of carbonyl (C=O) groups excluding carboxylic acids is 1. The Kier molecular flexibility index (Phi) is 5.77. The first kappa shape index (κ1) is 21.6. The van der Waals surface area contributed by atoms with Gasteiger partial charge in [-0.05, 0) is 49.1 Å². The van der Waals surface area contributed by atoms with Crippen molar-refractivity contribution in [3.63, 3.8) is 0 Å². The number of aromatic amines is 2. The fraction of sp³-hybridized carbons (Fsp3) is 0.250. The first-order chi connectivity index (χ1) is 14.6. The van der Waals surface area contributed by atoms with E-state index in [0.717, 1.165) is 4.68 Å². The van der Waals surface area contributed by atoms with Gasteiger partial charge < -0.3 is 20.2 Å². The average molecular weight is 427 g/mol. The molecule has 3 aromatic rings. The number of ether oxygens (including phenoxy) is 2. The van der Waals surface area contributed by atoms with Crippen LogP contribution in [0.2, 0.25) is 0 Å². The van der Waals surface area contributed by atoms with Crippen LogP contribution in [-0.4, -0.2) is 25.8 Å². The van der Waals surface area contributed by atoms with Crippen molar-refractivity contribution >= 4 is 6.09 Å². The van der Waals surface area contributed by atoms with Crippen molar-refractivity contribution in [2.45, 2.75) is 33.6 Å². The number of hydrogen-bond donors (Lipinski definition) is 3. The van der Waals surface area contributed by atoms with Gasteiger partial charge in [0, 0.05) is 11.8 Å². The van der Waals surface area contributed by atoms with E-state index >= 15 is 0 Å². The van der Waals surface area contributed by atoms with Crippen molar-refractivity contribution < 1.29 is 14.3 Å². The number of H-pyrrole nitrogens is 2. The van der Waals surface area contributed by atoms with Crippen LogP contribution in [0.5, 0.6) is 17.4 Å². The number of aryl methyl sites for hydroxylation is 2. The number of hydrogen-bond acceptors (Lipinski definition) is 7. The molecule has 0 saturated heterocycles. The molecule has 0 radical (unpaired) electrons. The first-order valence-electron chi connectivity index (χ1n) is 9.30. The van der Waals surface area contributed by atoms with Crippen LogP contribution in [0.1, 0.15) is 36.5 Å². The van der Waals surface area contributed by atoms with Crippen LogP contribution in [0.25, 0.3) is 5.69 Å². The average Bonchev–Trinajstić information content (AvgIpc) is 2.67. The van der Waals surface area contributed by atoms with Gasteiger partial charge in [-0.2, -0.15) is 4.68 Å². The van der Waals surface area contributed by atoms with E-state index in [-0.39, 0.29) is 11.5 Å². The van der Waals surface area contributed by atoms with E-state index in [4.69, 9.17) is 10.5 Å². The lowest BCUT2D eigenvalue weighted by molar-refractivity contribution is 0.207. The van der Waals surface area contributed by atoms with Gasteiger partial charge in [0.05, 0.1) is 5.69 Å². The SMILES string of the molecule is Cc1cc(-n2nc(OC(N)=O)c(=O)[nH]c2=O)cc(C)c1Oc1c[nH]c(=O)c(C(C)C)c1. The third-order valence-electron chi connectivity index (χ3n) is 4.43. The van der Waals surface area contributed by atoms with Crippen LogP contribution in [0.15, 0.2) is 38.8 Å². The molecule has 0 aliphatic rings. The van der Waals surface area contributed by atoms with Gasteiger partial charge >= 0.3 is 23.2 Å². The van der Waals surface area contributed by atoms with Gasteiger partial charge in [0.2, 0.25) is 0 Å². The largest absolute Gasteiger partial charge is 0.455 e.